The van der Waals surface area contributed by atoms with Gasteiger partial charge in [0.05, 0.1) is 0 Å². The lowest BCUT2D eigenvalue weighted by Gasteiger charge is -2.06. The summed E-state index contributed by atoms with van der Waals surface area (Å²) < 4.78 is 5.65. The molecule has 0 spiro atoms. The monoisotopic (exact) mass is 267 g/mol. The Balaban J connectivity index is 1.95. The van der Waals surface area contributed by atoms with Crippen molar-refractivity contribution in [1.82, 2.24) is 0 Å². The van der Waals surface area contributed by atoms with Gasteiger partial charge in [-0.05, 0) is 61.4 Å². The van der Waals surface area contributed by atoms with Crippen LogP contribution in [-0.4, -0.2) is 11.9 Å². The molecule has 1 unspecified atom stereocenters. The Morgan fingerprint density at radius 3 is 2.65 bits per heavy atom. The van der Waals surface area contributed by atoms with E-state index in [1.807, 2.05) is 38.1 Å². The van der Waals surface area contributed by atoms with Gasteiger partial charge in [0, 0.05) is 23.2 Å². The van der Waals surface area contributed by atoms with E-state index in [0.29, 0.717) is 16.8 Å². The third kappa shape index (κ3) is 2.16. The molecule has 3 heteroatoms. The first-order valence-electron chi connectivity index (χ1n) is 6.75. The van der Waals surface area contributed by atoms with Crippen LogP contribution < -0.4 is 10.5 Å². The van der Waals surface area contributed by atoms with Crippen molar-refractivity contribution >= 4 is 11.5 Å². The van der Waals surface area contributed by atoms with E-state index in [9.17, 15) is 4.79 Å². The number of hydrogen-bond acceptors (Lipinski definition) is 3. The Bertz CT molecular complexity index is 691. The maximum absolute atomic E-state index is 12.5. The highest BCUT2D eigenvalue weighted by atomic mass is 16.5. The first-order chi connectivity index (χ1) is 9.54. The minimum Gasteiger partial charge on any atom is -0.490 e. The largest absolute Gasteiger partial charge is 0.490 e. The summed E-state index contributed by atoms with van der Waals surface area (Å²) in [6.45, 7) is 3.94. The number of carbonyl (C=O) groups is 1. The molecule has 102 valence electrons. The smallest absolute Gasteiger partial charge is 0.193 e. The topological polar surface area (TPSA) is 52.3 Å². The molecule has 2 aromatic rings. The summed E-state index contributed by atoms with van der Waals surface area (Å²) in [6.07, 6.45) is 1.05. The van der Waals surface area contributed by atoms with E-state index in [4.69, 9.17) is 10.5 Å². The van der Waals surface area contributed by atoms with Crippen molar-refractivity contribution in [3.63, 3.8) is 0 Å². The fraction of sp³-hybridized carbons (Fsp3) is 0.235. The van der Waals surface area contributed by atoms with E-state index < -0.39 is 0 Å². The standard InChI is InChI=1S/C17H17NO2/c1-10-7-12(3-5-15(10)18)17(19)13-4-6-16-14(9-13)8-11(2)20-16/h3-7,9,11H,8,18H2,1-2H3. The van der Waals surface area contributed by atoms with E-state index in [1.54, 1.807) is 12.1 Å². The molecular formula is C17H17NO2. The first-order valence-corrected chi connectivity index (χ1v) is 6.75. The molecule has 0 aliphatic carbocycles. The molecule has 20 heavy (non-hydrogen) atoms. The van der Waals surface area contributed by atoms with Gasteiger partial charge in [-0.2, -0.15) is 0 Å². The summed E-state index contributed by atoms with van der Waals surface area (Å²) in [5, 5.41) is 0. The van der Waals surface area contributed by atoms with Crippen molar-refractivity contribution in [2.24, 2.45) is 0 Å². The Morgan fingerprint density at radius 1 is 1.20 bits per heavy atom. The molecule has 0 bridgehead atoms. The lowest BCUT2D eigenvalue weighted by Crippen LogP contribution is -2.05. The number of fused-ring (bicyclic) bond motifs is 1. The highest BCUT2D eigenvalue weighted by Crippen LogP contribution is 2.30. The van der Waals surface area contributed by atoms with Crippen molar-refractivity contribution in [3.05, 3.63) is 58.7 Å². The molecule has 1 heterocycles. The van der Waals surface area contributed by atoms with Gasteiger partial charge in [-0.15, -0.1) is 0 Å². The third-order valence-corrected chi connectivity index (χ3v) is 3.69. The summed E-state index contributed by atoms with van der Waals surface area (Å²) in [5.74, 6) is 0.915. The van der Waals surface area contributed by atoms with Crippen LogP contribution in [0.1, 0.15) is 34.0 Å². The molecule has 0 saturated carbocycles. The van der Waals surface area contributed by atoms with Crippen LogP contribution in [0.25, 0.3) is 0 Å². The maximum Gasteiger partial charge on any atom is 0.193 e. The quantitative estimate of drug-likeness (QED) is 0.672. The molecule has 1 aliphatic rings. The molecule has 3 rings (SSSR count). The number of ketones is 1. The lowest BCUT2D eigenvalue weighted by molar-refractivity contribution is 0.103. The van der Waals surface area contributed by atoms with Crippen molar-refractivity contribution in [2.45, 2.75) is 26.4 Å². The van der Waals surface area contributed by atoms with Crippen LogP contribution in [0.3, 0.4) is 0 Å². The zero-order valence-corrected chi connectivity index (χ0v) is 11.6. The second kappa shape index (κ2) is 4.67. The molecule has 0 radical (unpaired) electrons. The number of anilines is 1. The van der Waals surface area contributed by atoms with Crippen molar-refractivity contribution in [2.75, 3.05) is 5.73 Å². The van der Waals surface area contributed by atoms with Gasteiger partial charge in [0.1, 0.15) is 11.9 Å². The first kappa shape index (κ1) is 12.7. The van der Waals surface area contributed by atoms with Crippen LogP contribution in [0.2, 0.25) is 0 Å². The van der Waals surface area contributed by atoms with Gasteiger partial charge in [0.15, 0.2) is 5.78 Å². The molecule has 2 N–H and O–H groups in total. The molecule has 2 aromatic carbocycles. The number of ether oxygens (including phenoxy) is 1. The summed E-state index contributed by atoms with van der Waals surface area (Å²) in [4.78, 5) is 12.5. The third-order valence-electron chi connectivity index (χ3n) is 3.69. The van der Waals surface area contributed by atoms with Gasteiger partial charge in [0.25, 0.3) is 0 Å². The van der Waals surface area contributed by atoms with Crippen LogP contribution in [0, 0.1) is 6.92 Å². The Morgan fingerprint density at radius 2 is 1.90 bits per heavy atom. The van der Waals surface area contributed by atoms with E-state index in [2.05, 4.69) is 0 Å². The van der Waals surface area contributed by atoms with E-state index in [-0.39, 0.29) is 11.9 Å². The molecule has 1 aliphatic heterocycles. The Labute approximate surface area is 118 Å². The summed E-state index contributed by atoms with van der Waals surface area (Å²) >= 11 is 0. The van der Waals surface area contributed by atoms with Crippen molar-refractivity contribution in [1.29, 1.82) is 0 Å². The number of hydrogen-bond donors (Lipinski definition) is 1. The molecule has 0 aromatic heterocycles. The minimum atomic E-state index is 0.0236. The molecule has 0 saturated heterocycles. The highest BCUT2D eigenvalue weighted by molar-refractivity contribution is 6.09. The lowest BCUT2D eigenvalue weighted by atomic mass is 9.98. The van der Waals surface area contributed by atoms with Gasteiger partial charge in [0.2, 0.25) is 0 Å². The van der Waals surface area contributed by atoms with Crippen LogP contribution in [0.4, 0.5) is 5.69 Å². The SMILES string of the molecule is Cc1cc(C(=O)c2ccc3c(c2)CC(C)O3)ccc1N. The number of benzene rings is 2. The minimum absolute atomic E-state index is 0.0236. The number of nitrogens with two attached hydrogens (primary N) is 1. The maximum atomic E-state index is 12.5. The van der Waals surface area contributed by atoms with Gasteiger partial charge in [-0.3, -0.25) is 4.79 Å². The average Bonchev–Trinajstić information content (AvgIpc) is 2.80. The zero-order chi connectivity index (χ0) is 14.3. The molecular weight excluding hydrogens is 250 g/mol. The summed E-state index contributed by atoms with van der Waals surface area (Å²) in [6, 6.07) is 11.0. The predicted octanol–water partition coefficient (Wildman–Crippen LogP) is 3.13. The highest BCUT2D eigenvalue weighted by Gasteiger charge is 2.20. The van der Waals surface area contributed by atoms with Crippen molar-refractivity contribution in [3.8, 4) is 5.75 Å². The summed E-state index contributed by atoms with van der Waals surface area (Å²) in [7, 11) is 0. The Kier molecular flexibility index (Phi) is 2.97. The fourth-order valence-electron chi connectivity index (χ4n) is 2.55. The number of carbonyl (C=O) groups excluding carboxylic acids is 1. The van der Waals surface area contributed by atoms with Gasteiger partial charge >= 0.3 is 0 Å². The molecule has 0 amide bonds. The number of aryl methyl sites for hydroxylation is 1. The fourth-order valence-corrected chi connectivity index (χ4v) is 2.55. The molecule has 0 fully saturated rings. The number of rotatable bonds is 2. The van der Waals surface area contributed by atoms with Gasteiger partial charge in [-0.25, -0.2) is 0 Å². The van der Waals surface area contributed by atoms with E-state index in [0.717, 1.165) is 23.3 Å². The Hall–Kier alpha value is -2.29. The average molecular weight is 267 g/mol. The normalized spacial score (nSPS) is 16.6. The van der Waals surface area contributed by atoms with Crippen molar-refractivity contribution < 1.29 is 9.53 Å². The second-order valence-electron chi connectivity index (χ2n) is 5.36. The molecule has 3 nitrogen and oxygen atoms in total. The van der Waals surface area contributed by atoms with Gasteiger partial charge in [-0.1, -0.05) is 0 Å². The van der Waals surface area contributed by atoms with E-state index >= 15 is 0 Å². The van der Waals surface area contributed by atoms with Crippen LogP contribution in [0.5, 0.6) is 5.75 Å². The van der Waals surface area contributed by atoms with Crippen LogP contribution in [0.15, 0.2) is 36.4 Å². The second-order valence-corrected chi connectivity index (χ2v) is 5.36. The van der Waals surface area contributed by atoms with Crippen LogP contribution in [-0.2, 0) is 6.42 Å². The number of nitrogen functional groups attached to an aromatic ring is 1. The predicted molar refractivity (Wildman–Crippen MR) is 79.3 cm³/mol. The van der Waals surface area contributed by atoms with Crippen LogP contribution >= 0.6 is 0 Å². The summed E-state index contributed by atoms with van der Waals surface area (Å²) in [5.41, 5.74) is 9.90. The zero-order valence-electron chi connectivity index (χ0n) is 11.6. The van der Waals surface area contributed by atoms with E-state index in [1.165, 1.54) is 0 Å². The molecule has 1 atom stereocenters. The van der Waals surface area contributed by atoms with Gasteiger partial charge < -0.3 is 10.5 Å².